The number of aldehydes is 2. The number of azo groups is 2. The lowest BCUT2D eigenvalue weighted by Gasteiger charge is -2.25. The van der Waals surface area contributed by atoms with Crippen molar-refractivity contribution in [2.45, 2.75) is 44.7 Å². The molecule has 1 unspecified atom stereocenters. The first-order valence-electron chi connectivity index (χ1n) is 19.7. The number of nitrogens with one attached hydrogen (secondary N) is 2. The van der Waals surface area contributed by atoms with Gasteiger partial charge in [0.2, 0.25) is 17.6 Å². The molecule has 0 saturated heterocycles. The number of nitrogens with zero attached hydrogens (tertiary/aromatic N) is 11. The zero-order valence-corrected chi connectivity index (χ0v) is 42.4. The molecule has 30 heteroatoms. The second-order valence-corrected chi connectivity index (χ2v) is 17.3. The molecule has 0 bridgehead atoms. The molecule has 3 aromatic heterocycles. The summed E-state index contributed by atoms with van der Waals surface area (Å²) in [6.07, 6.45) is 1.05. The fourth-order valence-corrected chi connectivity index (χ4v) is 8.99. The second kappa shape index (κ2) is 28.4. The maximum Gasteiger partial charge on any atom is 0.425 e. The van der Waals surface area contributed by atoms with Crippen LogP contribution in [0.25, 0.3) is 4.85 Å². The van der Waals surface area contributed by atoms with Crippen LogP contribution in [0.1, 0.15) is 59.5 Å². The van der Waals surface area contributed by atoms with Gasteiger partial charge in [-0.3, -0.25) is 9.59 Å². The van der Waals surface area contributed by atoms with Crippen LogP contribution in [-0.2, 0) is 33.3 Å². The van der Waals surface area contributed by atoms with Crippen molar-refractivity contribution < 1.29 is 48.9 Å². The first-order chi connectivity index (χ1) is 33.2. The van der Waals surface area contributed by atoms with Gasteiger partial charge in [0.05, 0.1) is 53.3 Å². The number of nitriles is 1. The lowest BCUT2D eigenvalue weighted by molar-refractivity contribution is 0.111. The van der Waals surface area contributed by atoms with E-state index >= 15 is 0 Å². The van der Waals surface area contributed by atoms with Gasteiger partial charge in [-0.15, -0.1) is 50.6 Å². The van der Waals surface area contributed by atoms with Crippen molar-refractivity contribution in [1.82, 2.24) is 15.0 Å². The predicted molar refractivity (Wildman–Crippen MR) is 262 cm³/mol. The Morgan fingerprint density at radius 2 is 1.28 bits per heavy atom. The fraction of sp³-hybridized carbons (Fsp3) is 0.308. The molecule has 3 heterocycles. The molecular formula is C39H41N13O11S6. The number of hydrogen-bond donors (Lipinski definition) is 3. The van der Waals surface area contributed by atoms with E-state index < -0.39 is 33.3 Å². The van der Waals surface area contributed by atoms with Crippen molar-refractivity contribution in [3.8, 4) is 17.6 Å². The smallest absolute Gasteiger partial charge is 0.425 e. The summed E-state index contributed by atoms with van der Waals surface area (Å²) < 4.78 is 75.4. The van der Waals surface area contributed by atoms with Gasteiger partial charge in [-0.2, -0.15) is 33.7 Å². The van der Waals surface area contributed by atoms with Gasteiger partial charge < -0.3 is 34.5 Å². The van der Waals surface area contributed by atoms with Crippen LogP contribution in [0.5, 0.6) is 11.5 Å². The molecule has 0 amide bonds. The quantitative estimate of drug-likeness (QED) is 0.0203. The molecule has 0 spiro atoms. The first-order valence-corrected chi connectivity index (χ1v) is 25.1. The molecule has 5 aromatic rings. The van der Waals surface area contributed by atoms with Crippen molar-refractivity contribution in [3.63, 3.8) is 0 Å². The minimum Gasteiger partial charge on any atom is -0.494 e. The summed E-state index contributed by atoms with van der Waals surface area (Å²) in [5.41, 5.74) is 2.80. The molecule has 0 fully saturated rings. The molecule has 0 aliphatic heterocycles. The highest BCUT2D eigenvalue weighted by atomic mass is 32.2. The van der Waals surface area contributed by atoms with Crippen LogP contribution in [-0.4, -0.2) is 103 Å². The number of ether oxygens (including phenoxy) is 2. The molecule has 0 aliphatic rings. The topological polar surface area (TPSA) is 322 Å². The van der Waals surface area contributed by atoms with E-state index in [0.717, 1.165) is 28.4 Å². The monoisotopic (exact) mass is 1060 g/mol. The number of hydrogen-bond acceptors (Lipinski definition) is 25. The highest BCUT2D eigenvalue weighted by molar-refractivity contribution is 7.99. The summed E-state index contributed by atoms with van der Waals surface area (Å²) in [7, 11) is -0.0360. The Bertz CT molecular complexity index is 2950. The molecule has 0 aliphatic carbocycles. The number of aromatic nitrogens is 3. The Balaban J connectivity index is 0.00000169. The van der Waals surface area contributed by atoms with Crippen LogP contribution in [0.4, 0.5) is 61.7 Å². The zero-order chi connectivity index (χ0) is 51.2. The van der Waals surface area contributed by atoms with E-state index in [1.807, 2.05) is 46.8 Å². The van der Waals surface area contributed by atoms with Crippen LogP contribution in [0, 0.1) is 17.9 Å². The molecule has 1 atom stereocenters. The van der Waals surface area contributed by atoms with E-state index in [4.69, 9.17) is 47.1 Å². The molecule has 2 aromatic carbocycles. The van der Waals surface area contributed by atoms with Crippen LogP contribution in [0.3, 0.4) is 0 Å². The summed E-state index contributed by atoms with van der Waals surface area (Å²) in [6.45, 7) is 20.2. The summed E-state index contributed by atoms with van der Waals surface area (Å²) in [6, 6.07) is 10.3. The van der Waals surface area contributed by atoms with Gasteiger partial charge in [0.25, 0.3) is 0 Å². The molecule has 69 heavy (non-hydrogen) atoms. The van der Waals surface area contributed by atoms with E-state index in [-0.39, 0.29) is 48.6 Å². The lowest BCUT2D eigenvalue weighted by Crippen LogP contribution is -2.22. The minimum absolute atomic E-state index is 0.0388. The number of thioether (sulfide) groups is 1. The Labute approximate surface area is 415 Å². The lowest BCUT2D eigenvalue weighted by atomic mass is 10.2. The summed E-state index contributed by atoms with van der Waals surface area (Å²) in [5.74, 6) is 1.86. The van der Waals surface area contributed by atoms with Crippen LogP contribution >= 0.6 is 34.4 Å². The standard InChI is InChI=1S/C39H41N13O6S4.O3S.O2S/c1-9-51(10-2)29-15-24(26(17-31(29)57-7)47-49-35-23(19-40)34(62(55)56)33(21-54)61-35)42-37-44-38(46-39(45-37)59-13-5)43-25-16-30(52(11-3)12-4)32(58-8)18-27(25)48-50-36-28(41-6)14-22(20-53)60-36;1-4(2)3;1-3-2/h14-18,20-21H,9-13H2,1-5,7-8H3,(H,55,56)(H2,42,43,44,45,46);;. The van der Waals surface area contributed by atoms with Gasteiger partial charge in [0.1, 0.15) is 44.4 Å². The number of benzene rings is 2. The minimum atomic E-state index is -3.11. The maximum absolute atomic E-state index is 12.1. The average molecular weight is 1060 g/mol. The molecule has 0 saturated carbocycles. The third-order valence-electron chi connectivity index (χ3n) is 8.90. The number of carbonyl (C=O) groups excluding carboxylic acids is 2. The summed E-state index contributed by atoms with van der Waals surface area (Å²) in [5, 5.41) is 34.6. The number of carbonyl (C=O) groups is 2. The van der Waals surface area contributed by atoms with Crippen LogP contribution in [0.15, 0.2) is 60.8 Å². The van der Waals surface area contributed by atoms with Gasteiger partial charge in [-0.25, -0.2) is 9.05 Å². The number of methoxy groups -OCH3 is 2. The highest BCUT2D eigenvalue weighted by Gasteiger charge is 2.24. The van der Waals surface area contributed by atoms with Gasteiger partial charge in [0, 0.05) is 38.3 Å². The zero-order valence-electron chi connectivity index (χ0n) is 37.5. The summed E-state index contributed by atoms with van der Waals surface area (Å²) in [4.78, 5) is 44.9. The number of anilines is 6. The normalized spacial score (nSPS) is 10.9. The van der Waals surface area contributed by atoms with Gasteiger partial charge in [-0.1, -0.05) is 18.7 Å². The largest absolute Gasteiger partial charge is 0.494 e. The van der Waals surface area contributed by atoms with Crippen molar-refractivity contribution in [2.24, 2.45) is 20.5 Å². The van der Waals surface area contributed by atoms with Crippen molar-refractivity contribution >= 4 is 142 Å². The Morgan fingerprint density at radius 3 is 1.65 bits per heavy atom. The third kappa shape index (κ3) is 15.3. The van der Waals surface area contributed by atoms with E-state index in [0.29, 0.717) is 88.8 Å². The molecule has 24 nitrogen and oxygen atoms in total. The third-order valence-corrected chi connectivity index (χ3v) is 12.5. The average Bonchev–Trinajstić information content (AvgIpc) is 3.92. The van der Waals surface area contributed by atoms with E-state index in [9.17, 15) is 23.6 Å². The van der Waals surface area contributed by atoms with E-state index in [2.05, 4.69) is 50.7 Å². The van der Waals surface area contributed by atoms with Crippen molar-refractivity contribution in [1.29, 1.82) is 5.26 Å². The van der Waals surface area contributed by atoms with Crippen LogP contribution < -0.4 is 29.9 Å². The number of thiophene rings is 2. The molecule has 3 N–H and O–H groups in total. The van der Waals surface area contributed by atoms with Crippen molar-refractivity contribution in [3.05, 3.63) is 57.1 Å². The highest BCUT2D eigenvalue weighted by Crippen LogP contribution is 2.45. The Kier molecular flexibility index (Phi) is 23.2. The van der Waals surface area contributed by atoms with Gasteiger partial charge >= 0.3 is 22.2 Å². The second-order valence-electron chi connectivity index (χ2n) is 12.6. The molecule has 5 rings (SSSR count). The first kappa shape index (κ1) is 56.4. The molecular weight excluding hydrogens is 1020 g/mol. The Morgan fingerprint density at radius 1 is 0.797 bits per heavy atom. The van der Waals surface area contributed by atoms with E-state index in [1.165, 1.54) is 24.9 Å². The molecule has 0 radical (unpaired) electrons. The molecule has 364 valence electrons. The SMILES string of the molecule is O=S(=O)=O.O=S=O.[C-]#[N+]c1cc(C=O)sc1N=Nc1cc(OC)c(N(CC)CC)cc1Nc1nc(Nc2cc(N(CC)CC)c(OC)cc2N=Nc2sc(C=O)c(S(=O)O)c2C#N)nc(SCC)n1. The van der Waals surface area contributed by atoms with Crippen molar-refractivity contribution in [2.75, 3.05) is 66.6 Å². The van der Waals surface area contributed by atoms with E-state index in [1.54, 1.807) is 25.3 Å². The maximum atomic E-state index is 12.1. The fourth-order valence-electron chi connectivity index (χ4n) is 5.97. The number of rotatable bonds is 21. The Hall–Kier alpha value is -6.93. The summed E-state index contributed by atoms with van der Waals surface area (Å²) >= 11 is -0.198. The van der Waals surface area contributed by atoms with Gasteiger partial charge in [-0.05, 0) is 51.6 Å². The predicted octanol–water partition coefficient (Wildman–Crippen LogP) is 9.09. The van der Waals surface area contributed by atoms with Crippen LogP contribution in [0.2, 0.25) is 0 Å². The van der Waals surface area contributed by atoms with Gasteiger partial charge in [0.15, 0.2) is 33.8 Å².